The minimum atomic E-state index is -3.85. The molecule has 0 bridgehead atoms. The molecular formula is C18H16BrClN2O3S2. The number of aromatic nitrogens is 1. The maximum atomic E-state index is 13.3. The Labute approximate surface area is 175 Å². The average molecular weight is 488 g/mol. The monoisotopic (exact) mass is 486 g/mol. The van der Waals surface area contributed by atoms with Gasteiger partial charge < -0.3 is 4.74 Å². The molecule has 0 N–H and O–H groups in total. The van der Waals surface area contributed by atoms with E-state index in [0.29, 0.717) is 14.6 Å². The number of thiazole rings is 1. The number of nitrogens with zero attached hydrogens (tertiary/aromatic N) is 2. The normalized spacial score (nSPS) is 11.4. The summed E-state index contributed by atoms with van der Waals surface area (Å²) in [6.45, 7) is 2.07. The van der Waals surface area contributed by atoms with Crippen LogP contribution in [-0.2, 0) is 16.6 Å². The lowest BCUT2D eigenvalue weighted by Gasteiger charge is -2.23. The Balaban J connectivity index is 2.05. The standard InChI is InChI=1S/C18H16BrClN2O3S2/c1-12-9-14(25-2)4-3-13(12)11-22(18-21-7-8-26-18)27(23,24)15-5-6-16(19)17(20)10-15/h3-10H,11H2,1-2H3. The fourth-order valence-corrected chi connectivity index (χ4v) is 5.27. The van der Waals surface area contributed by atoms with Gasteiger partial charge in [0.2, 0.25) is 0 Å². The predicted octanol–water partition coefficient (Wildman–Crippen LogP) is 5.27. The zero-order chi connectivity index (χ0) is 19.6. The van der Waals surface area contributed by atoms with E-state index in [1.807, 2.05) is 25.1 Å². The van der Waals surface area contributed by atoms with Crippen LogP contribution in [0, 0.1) is 6.92 Å². The molecule has 0 aliphatic rings. The van der Waals surface area contributed by atoms with Gasteiger partial charge in [-0.25, -0.2) is 17.7 Å². The van der Waals surface area contributed by atoms with Crippen LogP contribution in [0.3, 0.4) is 0 Å². The summed E-state index contributed by atoms with van der Waals surface area (Å²) in [6.07, 6.45) is 1.58. The molecule has 1 heterocycles. The number of rotatable bonds is 6. The van der Waals surface area contributed by atoms with Crippen molar-refractivity contribution in [3.05, 3.63) is 68.6 Å². The van der Waals surface area contributed by atoms with E-state index < -0.39 is 10.0 Å². The molecule has 3 rings (SSSR count). The highest BCUT2D eigenvalue weighted by Gasteiger charge is 2.28. The van der Waals surface area contributed by atoms with Crippen molar-refractivity contribution < 1.29 is 13.2 Å². The minimum Gasteiger partial charge on any atom is -0.497 e. The molecule has 0 unspecified atom stereocenters. The summed E-state index contributed by atoms with van der Waals surface area (Å²) in [5.74, 6) is 0.722. The summed E-state index contributed by atoms with van der Waals surface area (Å²) in [5, 5.41) is 2.47. The number of sulfonamides is 1. The molecule has 27 heavy (non-hydrogen) atoms. The highest BCUT2D eigenvalue weighted by atomic mass is 79.9. The summed E-state index contributed by atoms with van der Waals surface area (Å²) in [4.78, 5) is 4.31. The summed E-state index contributed by atoms with van der Waals surface area (Å²) >= 11 is 10.7. The second-order valence-corrected chi connectivity index (χ2v) is 9.69. The summed E-state index contributed by atoms with van der Waals surface area (Å²) in [6, 6.07) is 10.1. The van der Waals surface area contributed by atoms with Gasteiger partial charge >= 0.3 is 0 Å². The van der Waals surface area contributed by atoms with Crippen LogP contribution in [0.15, 0.2) is 57.3 Å². The Morgan fingerprint density at radius 2 is 2.04 bits per heavy atom. The molecule has 0 aliphatic heterocycles. The highest BCUT2D eigenvalue weighted by molar-refractivity contribution is 9.10. The molecule has 3 aromatic rings. The average Bonchev–Trinajstić information content (AvgIpc) is 3.16. The molecule has 2 aromatic carbocycles. The van der Waals surface area contributed by atoms with Crippen LogP contribution in [0.4, 0.5) is 5.13 Å². The third kappa shape index (κ3) is 4.29. The third-order valence-electron chi connectivity index (χ3n) is 3.98. The van der Waals surface area contributed by atoms with E-state index in [2.05, 4.69) is 20.9 Å². The van der Waals surface area contributed by atoms with Crippen LogP contribution in [0.2, 0.25) is 5.02 Å². The lowest BCUT2D eigenvalue weighted by atomic mass is 10.1. The first-order valence-electron chi connectivity index (χ1n) is 7.83. The maximum absolute atomic E-state index is 13.3. The van der Waals surface area contributed by atoms with Crippen molar-refractivity contribution in [2.75, 3.05) is 11.4 Å². The number of halogens is 2. The lowest BCUT2D eigenvalue weighted by Crippen LogP contribution is -2.30. The van der Waals surface area contributed by atoms with E-state index in [4.69, 9.17) is 16.3 Å². The Kier molecular flexibility index (Phi) is 6.10. The molecule has 9 heteroatoms. The summed E-state index contributed by atoms with van der Waals surface area (Å²) in [7, 11) is -2.25. The van der Waals surface area contributed by atoms with E-state index >= 15 is 0 Å². The molecule has 0 fully saturated rings. The van der Waals surface area contributed by atoms with E-state index in [1.54, 1.807) is 24.8 Å². The topological polar surface area (TPSA) is 59.5 Å². The van der Waals surface area contributed by atoms with Gasteiger partial charge in [-0.3, -0.25) is 0 Å². The van der Waals surface area contributed by atoms with Crippen molar-refractivity contribution in [2.24, 2.45) is 0 Å². The van der Waals surface area contributed by atoms with Crippen molar-refractivity contribution in [3.63, 3.8) is 0 Å². The first-order chi connectivity index (χ1) is 12.8. The smallest absolute Gasteiger partial charge is 0.266 e. The molecule has 0 atom stereocenters. The summed E-state index contributed by atoms with van der Waals surface area (Å²) in [5.41, 5.74) is 1.79. The Bertz CT molecular complexity index is 1060. The lowest BCUT2D eigenvalue weighted by molar-refractivity contribution is 0.414. The molecule has 5 nitrogen and oxygen atoms in total. The van der Waals surface area contributed by atoms with E-state index in [1.165, 1.54) is 27.8 Å². The number of hydrogen-bond acceptors (Lipinski definition) is 5. The number of ether oxygens (including phenoxy) is 1. The second-order valence-electron chi connectivity index (χ2n) is 5.69. The van der Waals surface area contributed by atoms with Gasteiger partial charge in [0.05, 0.1) is 23.6 Å². The Morgan fingerprint density at radius 3 is 2.63 bits per heavy atom. The molecule has 0 saturated carbocycles. The molecule has 0 radical (unpaired) electrons. The fraction of sp³-hybridized carbons (Fsp3) is 0.167. The zero-order valence-electron chi connectivity index (χ0n) is 14.5. The van der Waals surface area contributed by atoms with Crippen molar-refractivity contribution in [3.8, 4) is 5.75 Å². The van der Waals surface area contributed by atoms with E-state index in [0.717, 1.165) is 16.9 Å². The molecule has 142 valence electrons. The number of methoxy groups -OCH3 is 1. The largest absolute Gasteiger partial charge is 0.497 e. The van der Waals surface area contributed by atoms with Crippen LogP contribution in [-0.4, -0.2) is 20.5 Å². The third-order valence-corrected chi connectivity index (χ3v) is 7.85. The van der Waals surface area contributed by atoms with Crippen molar-refractivity contribution >= 4 is 54.0 Å². The number of anilines is 1. The van der Waals surface area contributed by atoms with Crippen molar-refractivity contribution in [1.82, 2.24) is 4.98 Å². The Morgan fingerprint density at radius 1 is 1.26 bits per heavy atom. The van der Waals surface area contributed by atoms with Gasteiger partial charge in [0.1, 0.15) is 5.75 Å². The van der Waals surface area contributed by atoms with Gasteiger partial charge in [0.15, 0.2) is 5.13 Å². The number of hydrogen-bond donors (Lipinski definition) is 0. The summed E-state index contributed by atoms with van der Waals surface area (Å²) < 4.78 is 33.8. The SMILES string of the molecule is COc1ccc(CN(c2nccs2)S(=O)(=O)c2ccc(Br)c(Cl)c2)c(C)c1. The van der Waals surface area contributed by atoms with E-state index in [-0.39, 0.29) is 11.4 Å². The first-order valence-corrected chi connectivity index (χ1v) is 11.3. The van der Waals surface area contributed by atoms with Gasteiger partial charge in [-0.2, -0.15) is 0 Å². The first kappa shape index (κ1) is 20.1. The van der Waals surface area contributed by atoms with Crippen LogP contribution < -0.4 is 9.04 Å². The van der Waals surface area contributed by atoms with Crippen molar-refractivity contribution in [1.29, 1.82) is 0 Å². The maximum Gasteiger partial charge on any atom is 0.266 e. The molecule has 0 spiro atoms. The molecular weight excluding hydrogens is 472 g/mol. The predicted molar refractivity (Wildman–Crippen MR) is 112 cm³/mol. The number of aryl methyl sites for hydroxylation is 1. The van der Waals surface area contributed by atoms with Gasteiger partial charge in [-0.1, -0.05) is 17.7 Å². The molecule has 1 aromatic heterocycles. The van der Waals surface area contributed by atoms with Crippen molar-refractivity contribution in [2.45, 2.75) is 18.4 Å². The number of benzene rings is 2. The van der Waals surface area contributed by atoms with Crippen LogP contribution in [0.25, 0.3) is 0 Å². The van der Waals surface area contributed by atoms with Gasteiger partial charge in [0, 0.05) is 16.0 Å². The molecule has 0 aliphatic carbocycles. The fourth-order valence-electron chi connectivity index (χ4n) is 2.49. The Hall–Kier alpha value is -1.61. The zero-order valence-corrected chi connectivity index (χ0v) is 18.5. The minimum absolute atomic E-state index is 0.108. The second kappa shape index (κ2) is 8.18. The van der Waals surface area contributed by atoms with Crippen LogP contribution in [0.1, 0.15) is 11.1 Å². The molecule has 0 saturated heterocycles. The van der Waals surface area contributed by atoms with Gasteiger partial charge in [-0.05, 0) is 64.3 Å². The van der Waals surface area contributed by atoms with Gasteiger partial charge in [-0.15, -0.1) is 11.3 Å². The van der Waals surface area contributed by atoms with E-state index in [9.17, 15) is 8.42 Å². The van der Waals surface area contributed by atoms with Crippen LogP contribution in [0.5, 0.6) is 5.75 Å². The van der Waals surface area contributed by atoms with Crippen LogP contribution >= 0.6 is 38.9 Å². The highest BCUT2D eigenvalue weighted by Crippen LogP contribution is 2.32. The van der Waals surface area contributed by atoms with Gasteiger partial charge in [0.25, 0.3) is 10.0 Å². The quantitative estimate of drug-likeness (QED) is 0.475. The molecule has 0 amide bonds.